The first kappa shape index (κ1) is 22.4. The fourth-order valence-corrected chi connectivity index (χ4v) is 3.04. The zero-order chi connectivity index (χ0) is 18.1. The van der Waals surface area contributed by atoms with Crippen LogP contribution in [-0.2, 0) is 4.79 Å². The van der Waals surface area contributed by atoms with Crippen LogP contribution in [0.3, 0.4) is 0 Å². The molecule has 1 saturated heterocycles. The predicted molar refractivity (Wildman–Crippen MR) is 103 cm³/mol. The number of halogens is 2. The van der Waals surface area contributed by atoms with Crippen molar-refractivity contribution in [2.24, 2.45) is 5.92 Å². The van der Waals surface area contributed by atoms with Crippen molar-refractivity contribution in [1.29, 1.82) is 0 Å². The van der Waals surface area contributed by atoms with Crippen LogP contribution >= 0.6 is 12.4 Å². The summed E-state index contributed by atoms with van der Waals surface area (Å²) in [6.07, 6.45) is 3.17. The van der Waals surface area contributed by atoms with Crippen LogP contribution in [0.4, 0.5) is 4.39 Å². The van der Waals surface area contributed by atoms with Crippen LogP contribution in [0.5, 0.6) is 0 Å². The second-order valence-corrected chi connectivity index (χ2v) is 6.50. The molecule has 2 N–H and O–H groups in total. The molecule has 0 spiro atoms. The van der Waals surface area contributed by atoms with E-state index in [1.54, 1.807) is 0 Å². The molecule has 0 aliphatic carbocycles. The number of nitrogens with one attached hydrogen (secondary N) is 2. The molecule has 0 atom stereocenters. The van der Waals surface area contributed by atoms with Gasteiger partial charge in [-0.15, -0.1) is 12.4 Å². The van der Waals surface area contributed by atoms with Crippen molar-refractivity contribution in [2.75, 3.05) is 32.7 Å². The number of carbonyl (C=O) groups excluding carboxylic acids is 2. The normalized spacial score (nSPS) is 14.6. The highest BCUT2D eigenvalue weighted by Crippen LogP contribution is 2.17. The SMILES string of the molecule is CCNCC1CCN(C(=O)CCCNC(=O)c2ccc(F)cc2)CC1.Cl. The van der Waals surface area contributed by atoms with E-state index in [9.17, 15) is 14.0 Å². The Morgan fingerprint density at radius 2 is 1.85 bits per heavy atom. The van der Waals surface area contributed by atoms with Gasteiger partial charge in [-0.2, -0.15) is 0 Å². The van der Waals surface area contributed by atoms with E-state index < -0.39 is 0 Å². The molecule has 0 unspecified atom stereocenters. The minimum absolute atomic E-state index is 0. The van der Waals surface area contributed by atoms with Gasteiger partial charge in [0.1, 0.15) is 5.82 Å². The molecule has 1 heterocycles. The van der Waals surface area contributed by atoms with E-state index in [2.05, 4.69) is 17.6 Å². The van der Waals surface area contributed by atoms with Gasteiger partial charge in [0, 0.05) is 31.6 Å². The third-order valence-corrected chi connectivity index (χ3v) is 4.61. The molecule has 1 aromatic rings. The van der Waals surface area contributed by atoms with Gasteiger partial charge < -0.3 is 15.5 Å². The van der Waals surface area contributed by atoms with Crippen LogP contribution in [0, 0.1) is 11.7 Å². The fraction of sp³-hybridized carbons (Fsp3) is 0.579. The number of benzene rings is 1. The van der Waals surface area contributed by atoms with Crippen molar-refractivity contribution in [2.45, 2.75) is 32.6 Å². The van der Waals surface area contributed by atoms with Gasteiger partial charge in [-0.1, -0.05) is 6.92 Å². The Balaban J connectivity index is 0.00000338. The molecule has 7 heteroatoms. The van der Waals surface area contributed by atoms with Crippen LogP contribution in [0.2, 0.25) is 0 Å². The lowest BCUT2D eigenvalue weighted by atomic mass is 9.96. The molecule has 0 aromatic heterocycles. The number of carbonyl (C=O) groups is 2. The molecule has 5 nitrogen and oxygen atoms in total. The van der Waals surface area contributed by atoms with Crippen LogP contribution in [0.1, 0.15) is 43.0 Å². The summed E-state index contributed by atoms with van der Waals surface area (Å²) < 4.78 is 12.8. The average Bonchev–Trinajstić information content (AvgIpc) is 2.64. The molecule has 0 radical (unpaired) electrons. The van der Waals surface area contributed by atoms with Crippen LogP contribution in [0.15, 0.2) is 24.3 Å². The first-order valence-corrected chi connectivity index (χ1v) is 9.12. The van der Waals surface area contributed by atoms with Gasteiger partial charge in [0.2, 0.25) is 5.91 Å². The first-order chi connectivity index (χ1) is 12.1. The lowest BCUT2D eigenvalue weighted by Crippen LogP contribution is -2.41. The Morgan fingerprint density at radius 1 is 1.19 bits per heavy atom. The van der Waals surface area contributed by atoms with Crippen molar-refractivity contribution < 1.29 is 14.0 Å². The van der Waals surface area contributed by atoms with E-state index in [1.807, 2.05) is 4.90 Å². The first-order valence-electron chi connectivity index (χ1n) is 9.12. The summed E-state index contributed by atoms with van der Waals surface area (Å²) in [5.41, 5.74) is 0.426. The largest absolute Gasteiger partial charge is 0.352 e. The van der Waals surface area contributed by atoms with Crippen molar-refractivity contribution in [3.8, 4) is 0 Å². The minimum Gasteiger partial charge on any atom is -0.352 e. The Morgan fingerprint density at radius 3 is 2.46 bits per heavy atom. The molecule has 1 aromatic carbocycles. The number of nitrogens with zero attached hydrogens (tertiary/aromatic N) is 1. The molecular weight excluding hydrogens is 357 g/mol. The molecule has 2 rings (SSSR count). The number of rotatable bonds is 8. The summed E-state index contributed by atoms with van der Waals surface area (Å²) >= 11 is 0. The topological polar surface area (TPSA) is 61.4 Å². The number of amides is 2. The maximum absolute atomic E-state index is 12.8. The lowest BCUT2D eigenvalue weighted by Gasteiger charge is -2.32. The van der Waals surface area contributed by atoms with Gasteiger partial charge in [-0.3, -0.25) is 9.59 Å². The molecule has 0 saturated carbocycles. The highest BCUT2D eigenvalue weighted by Gasteiger charge is 2.22. The molecule has 0 bridgehead atoms. The van der Waals surface area contributed by atoms with Gasteiger partial charge in [-0.05, 0) is 62.5 Å². The third kappa shape index (κ3) is 7.30. The van der Waals surface area contributed by atoms with Gasteiger partial charge in [-0.25, -0.2) is 4.39 Å². The maximum Gasteiger partial charge on any atom is 0.251 e. The maximum atomic E-state index is 12.8. The second-order valence-electron chi connectivity index (χ2n) is 6.50. The smallest absolute Gasteiger partial charge is 0.251 e. The highest BCUT2D eigenvalue weighted by atomic mass is 35.5. The Kier molecular flexibility index (Phi) is 10.2. The monoisotopic (exact) mass is 385 g/mol. The van der Waals surface area contributed by atoms with E-state index >= 15 is 0 Å². The molecule has 1 fully saturated rings. The van der Waals surface area contributed by atoms with E-state index in [1.165, 1.54) is 24.3 Å². The number of hydrogen-bond donors (Lipinski definition) is 2. The molecule has 2 amide bonds. The van der Waals surface area contributed by atoms with Crippen LogP contribution < -0.4 is 10.6 Å². The second kappa shape index (κ2) is 11.9. The van der Waals surface area contributed by atoms with E-state index in [-0.39, 0.29) is 30.0 Å². The van der Waals surface area contributed by atoms with Crippen molar-refractivity contribution in [3.63, 3.8) is 0 Å². The standard InChI is InChI=1S/C19H28FN3O2.ClH/c1-2-21-14-15-9-12-23(13-10-15)18(24)4-3-11-22-19(25)16-5-7-17(20)8-6-16;/h5-8,15,21H,2-4,9-14H2,1H3,(H,22,25);1H. The lowest BCUT2D eigenvalue weighted by molar-refractivity contribution is -0.132. The van der Waals surface area contributed by atoms with Gasteiger partial charge in [0.25, 0.3) is 5.91 Å². The van der Waals surface area contributed by atoms with Gasteiger partial charge >= 0.3 is 0 Å². The zero-order valence-corrected chi connectivity index (χ0v) is 16.1. The summed E-state index contributed by atoms with van der Waals surface area (Å²) in [5.74, 6) is 0.227. The Hall–Kier alpha value is -1.66. The Bertz CT molecular complexity index is 560. The number of piperidine rings is 1. The fourth-order valence-electron chi connectivity index (χ4n) is 3.04. The van der Waals surface area contributed by atoms with Gasteiger partial charge in [0.15, 0.2) is 0 Å². The summed E-state index contributed by atoms with van der Waals surface area (Å²) in [4.78, 5) is 26.1. The van der Waals surface area contributed by atoms with Crippen LogP contribution in [0.25, 0.3) is 0 Å². The molecule has 26 heavy (non-hydrogen) atoms. The third-order valence-electron chi connectivity index (χ3n) is 4.61. The predicted octanol–water partition coefficient (Wildman–Crippen LogP) is 2.61. The van der Waals surface area contributed by atoms with Crippen molar-refractivity contribution in [3.05, 3.63) is 35.6 Å². The molecular formula is C19H29ClFN3O2. The summed E-state index contributed by atoms with van der Waals surface area (Å²) in [6.45, 7) is 6.23. The van der Waals surface area contributed by atoms with E-state index in [0.29, 0.717) is 30.9 Å². The quantitative estimate of drug-likeness (QED) is 0.676. The summed E-state index contributed by atoms with van der Waals surface area (Å²) in [6, 6.07) is 5.43. The van der Waals surface area contributed by atoms with E-state index in [4.69, 9.17) is 0 Å². The zero-order valence-electron chi connectivity index (χ0n) is 15.3. The van der Waals surface area contributed by atoms with E-state index in [0.717, 1.165) is 39.0 Å². The number of hydrogen-bond acceptors (Lipinski definition) is 3. The van der Waals surface area contributed by atoms with Gasteiger partial charge in [0.05, 0.1) is 0 Å². The molecule has 1 aliphatic heterocycles. The van der Waals surface area contributed by atoms with Crippen LogP contribution in [-0.4, -0.2) is 49.4 Å². The summed E-state index contributed by atoms with van der Waals surface area (Å²) in [7, 11) is 0. The highest BCUT2D eigenvalue weighted by molar-refractivity contribution is 5.94. The number of likely N-dealkylation sites (tertiary alicyclic amines) is 1. The van der Waals surface area contributed by atoms with Crippen molar-refractivity contribution in [1.82, 2.24) is 15.5 Å². The Labute approximate surface area is 161 Å². The van der Waals surface area contributed by atoms with Crippen molar-refractivity contribution >= 4 is 24.2 Å². The average molecular weight is 386 g/mol. The molecule has 146 valence electrons. The summed E-state index contributed by atoms with van der Waals surface area (Å²) in [5, 5.41) is 6.13. The molecule has 1 aliphatic rings. The minimum atomic E-state index is -0.364.